The van der Waals surface area contributed by atoms with E-state index in [0.717, 1.165) is 12.8 Å². The Kier molecular flexibility index (Phi) is 7.99. The van der Waals surface area contributed by atoms with Crippen LogP contribution in [-0.4, -0.2) is 53.5 Å². The number of nitrogens with one attached hydrogen (secondary N) is 2. The number of carbonyl (C=O) groups is 3. The molecule has 1 aromatic carbocycles. The zero-order valence-corrected chi connectivity index (χ0v) is 16.6. The van der Waals surface area contributed by atoms with Gasteiger partial charge in [0.25, 0.3) is 5.91 Å². The summed E-state index contributed by atoms with van der Waals surface area (Å²) in [5, 5.41) is 5.81. The lowest BCUT2D eigenvalue weighted by Crippen LogP contribution is -2.60. The lowest BCUT2D eigenvalue weighted by atomic mass is 10.1. The molecule has 0 unspecified atom stereocenters. The number of unbranched alkanes of at least 4 members (excludes halogenated alkanes) is 1. The average molecular weight is 412 g/mol. The van der Waals surface area contributed by atoms with Crippen LogP contribution in [-0.2, 0) is 14.3 Å². The van der Waals surface area contributed by atoms with Crippen molar-refractivity contribution in [2.45, 2.75) is 32.2 Å². The van der Waals surface area contributed by atoms with Crippen LogP contribution < -0.4 is 10.6 Å². The maximum atomic E-state index is 12.4. The first kappa shape index (κ1) is 21.1. The van der Waals surface area contributed by atoms with Gasteiger partial charge in [-0.15, -0.1) is 0 Å². The summed E-state index contributed by atoms with van der Waals surface area (Å²) in [7, 11) is 0. The Morgan fingerprint density at radius 3 is 2.93 bits per heavy atom. The van der Waals surface area contributed by atoms with Crippen molar-refractivity contribution >= 4 is 46.7 Å². The third-order valence-electron chi connectivity index (χ3n) is 4.02. The molecule has 9 heteroatoms. The van der Waals surface area contributed by atoms with Crippen molar-refractivity contribution in [3.05, 3.63) is 34.9 Å². The molecule has 1 heterocycles. The Morgan fingerprint density at radius 2 is 2.22 bits per heavy atom. The van der Waals surface area contributed by atoms with E-state index in [9.17, 15) is 14.4 Å². The molecule has 2 rings (SSSR count). The summed E-state index contributed by atoms with van der Waals surface area (Å²) < 4.78 is 5.13. The minimum Gasteiger partial charge on any atom is -0.466 e. The van der Waals surface area contributed by atoms with Crippen LogP contribution in [0.25, 0.3) is 0 Å². The minimum absolute atomic E-state index is 0.0844. The second-order valence-electron chi connectivity index (χ2n) is 6.05. The number of esters is 1. The van der Waals surface area contributed by atoms with Gasteiger partial charge in [-0.3, -0.25) is 19.7 Å². The first-order valence-corrected chi connectivity index (χ1v) is 9.52. The van der Waals surface area contributed by atoms with Crippen molar-refractivity contribution in [2.75, 3.05) is 19.7 Å². The normalized spacial score (nSPS) is 16.4. The number of rotatable bonds is 6. The van der Waals surface area contributed by atoms with Crippen LogP contribution in [0, 0.1) is 0 Å². The Hall–Kier alpha value is -2.19. The van der Waals surface area contributed by atoms with Gasteiger partial charge in [-0.1, -0.05) is 31.0 Å². The third kappa shape index (κ3) is 6.18. The quantitative estimate of drug-likeness (QED) is 0.422. The van der Waals surface area contributed by atoms with Crippen molar-refractivity contribution in [2.24, 2.45) is 0 Å². The largest absolute Gasteiger partial charge is 0.466 e. The van der Waals surface area contributed by atoms with Crippen LogP contribution in [0.2, 0.25) is 5.02 Å². The summed E-state index contributed by atoms with van der Waals surface area (Å²) in [5.74, 6) is -1.23. The molecule has 0 aliphatic carbocycles. The molecule has 1 atom stereocenters. The van der Waals surface area contributed by atoms with Crippen molar-refractivity contribution in [1.29, 1.82) is 0 Å². The molecule has 1 fully saturated rings. The molecule has 1 saturated heterocycles. The topological polar surface area (TPSA) is 87.7 Å². The first-order chi connectivity index (χ1) is 12.9. The number of amides is 2. The smallest absolute Gasteiger partial charge is 0.308 e. The summed E-state index contributed by atoms with van der Waals surface area (Å²) in [5.41, 5.74) is 0.349. The maximum absolute atomic E-state index is 12.4. The Morgan fingerprint density at radius 1 is 1.44 bits per heavy atom. The number of piperazine rings is 1. The summed E-state index contributed by atoms with van der Waals surface area (Å²) in [4.78, 5) is 38.1. The average Bonchev–Trinajstić information content (AvgIpc) is 2.63. The zero-order valence-electron chi connectivity index (χ0n) is 15.0. The number of hydrogen-bond donors (Lipinski definition) is 2. The number of ether oxygens (including phenoxy) is 1. The Bertz CT molecular complexity index is 728. The highest BCUT2D eigenvalue weighted by atomic mass is 35.5. The SMILES string of the molecule is CCCCOC(=O)C[C@@H]1C(=O)NCCN1C(=S)NC(=O)c1cccc(Cl)c1. The summed E-state index contributed by atoms with van der Waals surface area (Å²) in [6.07, 6.45) is 1.53. The predicted octanol–water partition coefficient (Wildman–Crippen LogP) is 1.89. The molecule has 2 N–H and O–H groups in total. The zero-order chi connectivity index (χ0) is 19.8. The number of carbonyl (C=O) groups excluding carboxylic acids is 3. The van der Waals surface area contributed by atoms with Gasteiger partial charge in [-0.25, -0.2) is 0 Å². The van der Waals surface area contributed by atoms with E-state index in [1.165, 1.54) is 11.0 Å². The highest BCUT2D eigenvalue weighted by molar-refractivity contribution is 7.80. The second-order valence-corrected chi connectivity index (χ2v) is 6.87. The fourth-order valence-corrected chi connectivity index (χ4v) is 3.08. The number of nitrogens with zero attached hydrogens (tertiary/aromatic N) is 1. The van der Waals surface area contributed by atoms with Gasteiger partial charge in [0, 0.05) is 23.7 Å². The van der Waals surface area contributed by atoms with Gasteiger partial charge in [0.1, 0.15) is 6.04 Å². The van der Waals surface area contributed by atoms with Crippen LogP contribution in [0.3, 0.4) is 0 Å². The van der Waals surface area contributed by atoms with E-state index in [1.54, 1.807) is 18.2 Å². The molecule has 1 aromatic rings. The van der Waals surface area contributed by atoms with E-state index in [-0.39, 0.29) is 17.4 Å². The van der Waals surface area contributed by atoms with E-state index in [1.807, 2.05) is 6.92 Å². The third-order valence-corrected chi connectivity index (χ3v) is 4.59. The molecular weight excluding hydrogens is 390 g/mol. The first-order valence-electron chi connectivity index (χ1n) is 8.73. The molecule has 1 aliphatic heterocycles. The summed E-state index contributed by atoms with van der Waals surface area (Å²) >= 11 is 11.2. The van der Waals surface area contributed by atoms with Crippen LogP contribution in [0.5, 0.6) is 0 Å². The van der Waals surface area contributed by atoms with Gasteiger partial charge in [0.2, 0.25) is 5.91 Å². The highest BCUT2D eigenvalue weighted by Gasteiger charge is 2.34. The van der Waals surface area contributed by atoms with Crippen molar-refractivity contribution < 1.29 is 19.1 Å². The molecule has 0 saturated carbocycles. The standard InChI is InChI=1S/C18H22ClN3O4S/c1-2-3-9-26-15(23)11-14-17(25)20-7-8-22(14)18(27)21-16(24)12-5-4-6-13(19)10-12/h4-6,10,14H,2-3,7-9,11H2,1H3,(H,20,25)(H,21,24,27)/t14-/m1/s1. The summed E-state index contributed by atoms with van der Waals surface area (Å²) in [6.45, 7) is 3.06. The molecule has 1 aliphatic rings. The van der Waals surface area contributed by atoms with Gasteiger partial charge in [0.15, 0.2) is 5.11 Å². The van der Waals surface area contributed by atoms with E-state index in [0.29, 0.717) is 30.3 Å². The van der Waals surface area contributed by atoms with Gasteiger partial charge < -0.3 is 15.0 Å². The molecule has 27 heavy (non-hydrogen) atoms. The highest BCUT2D eigenvalue weighted by Crippen LogP contribution is 2.13. The fourth-order valence-electron chi connectivity index (χ4n) is 2.58. The fraction of sp³-hybridized carbons (Fsp3) is 0.444. The molecule has 0 radical (unpaired) electrons. The number of halogens is 1. The Balaban J connectivity index is 2.01. The monoisotopic (exact) mass is 411 g/mol. The van der Waals surface area contributed by atoms with Gasteiger partial charge in [0.05, 0.1) is 13.0 Å². The molecule has 7 nitrogen and oxygen atoms in total. The van der Waals surface area contributed by atoms with Gasteiger partial charge in [-0.2, -0.15) is 0 Å². The van der Waals surface area contributed by atoms with Crippen molar-refractivity contribution in [3.63, 3.8) is 0 Å². The Labute approximate surface area is 168 Å². The van der Waals surface area contributed by atoms with Gasteiger partial charge >= 0.3 is 5.97 Å². The molecular formula is C18H22ClN3O4S. The molecule has 0 aromatic heterocycles. The van der Waals surface area contributed by atoms with Crippen LogP contribution >= 0.6 is 23.8 Å². The minimum atomic E-state index is -0.819. The lowest BCUT2D eigenvalue weighted by Gasteiger charge is -2.36. The van der Waals surface area contributed by atoms with Crippen molar-refractivity contribution in [3.8, 4) is 0 Å². The molecule has 0 spiro atoms. The predicted molar refractivity (Wildman–Crippen MR) is 106 cm³/mol. The van der Waals surface area contributed by atoms with E-state index >= 15 is 0 Å². The van der Waals surface area contributed by atoms with Crippen LogP contribution in [0.1, 0.15) is 36.5 Å². The maximum Gasteiger partial charge on any atom is 0.308 e. The molecule has 146 valence electrons. The summed E-state index contributed by atoms with van der Waals surface area (Å²) in [6, 6.07) is 5.62. The van der Waals surface area contributed by atoms with Crippen molar-refractivity contribution in [1.82, 2.24) is 15.5 Å². The molecule has 2 amide bonds. The second kappa shape index (κ2) is 10.2. The van der Waals surface area contributed by atoms with Crippen LogP contribution in [0.15, 0.2) is 24.3 Å². The van der Waals surface area contributed by atoms with Crippen LogP contribution in [0.4, 0.5) is 0 Å². The number of hydrogen-bond acceptors (Lipinski definition) is 5. The number of benzene rings is 1. The van der Waals surface area contributed by atoms with E-state index in [4.69, 9.17) is 28.6 Å². The van der Waals surface area contributed by atoms with Gasteiger partial charge in [-0.05, 0) is 36.8 Å². The lowest BCUT2D eigenvalue weighted by molar-refractivity contribution is -0.147. The number of thiocarbonyl (C=S) groups is 1. The van der Waals surface area contributed by atoms with E-state index < -0.39 is 17.9 Å². The van der Waals surface area contributed by atoms with E-state index in [2.05, 4.69) is 10.6 Å². The molecule has 0 bridgehead atoms.